The molecule has 0 bridgehead atoms. The molecular weight excluding hydrogens is 224 g/mol. The Hall–Kier alpha value is -0.660. The second kappa shape index (κ2) is 6.76. The summed E-state index contributed by atoms with van der Waals surface area (Å²) in [5, 5.41) is 0. The van der Waals surface area contributed by atoms with Gasteiger partial charge in [0.1, 0.15) is 12.4 Å². The quantitative estimate of drug-likeness (QED) is 0.549. The predicted molar refractivity (Wildman–Crippen MR) is 40.6 cm³/mol. The first-order chi connectivity index (χ1) is 6.84. The number of hydrogen-bond donors (Lipinski definition) is 1. The number of halogens is 1. The van der Waals surface area contributed by atoms with Crippen molar-refractivity contribution in [1.29, 1.82) is 0 Å². The van der Waals surface area contributed by atoms with Crippen LogP contribution in [0.5, 0.6) is 0 Å². The Morgan fingerprint density at radius 3 is 2.20 bits per heavy atom. The van der Waals surface area contributed by atoms with Crippen LogP contribution in [-0.4, -0.2) is 4.98 Å². The lowest BCUT2D eigenvalue weighted by Gasteiger charge is -2.17. The van der Waals surface area contributed by atoms with E-state index in [4.69, 9.17) is 18.6 Å². The third-order valence-electron chi connectivity index (χ3n) is 1.74. The first-order valence-corrected chi connectivity index (χ1v) is 5.71. The maximum atomic E-state index is 8.49. The Morgan fingerprint density at radius 1 is 1.33 bits per heavy atom. The molecule has 7 heteroatoms. The highest BCUT2D eigenvalue weighted by molar-refractivity contribution is 4.76. The van der Waals surface area contributed by atoms with E-state index < -0.39 is 10.2 Å². The van der Waals surface area contributed by atoms with Gasteiger partial charge in [-0.2, -0.15) is 0 Å². The number of imidazole rings is 1. The number of nitrogens with one attached hydrogen (secondary N) is 1. The Balaban J connectivity index is 0.000000336. The number of aryl methyl sites for hydroxylation is 2. The van der Waals surface area contributed by atoms with Crippen LogP contribution in [0.15, 0.2) is 12.4 Å². The molecule has 0 spiro atoms. The number of hydrogen-bond acceptors (Lipinski definition) is 4. The maximum Gasteiger partial charge on any atom is 0.253 e. The van der Waals surface area contributed by atoms with E-state index in [0.717, 1.165) is 0 Å². The first-order valence-electron chi connectivity index (χ1n) is 4.48. The Morgan fingerprint density at radius 2 is 1.87 bits per heavy atom. The van der Waals surface area contributed by atoms with Gasteiger partial charge in [0.15, 0.2) is 0 Å². The lowest BCUT2D eigenvalue weighted by Crippen LogP contribution is -2.68. The standard InChI is InChI=1S/C8H14N2.ClHO4/c1-3-4-5-8-9-6-7-10(8)2;2-1(3,4)5/h6-7H,3-5H2,1-2H3;(H,2,3,4,5). The zero-order valence-electron chi connectivity index (χ0n) is 8.73. The van der Waals surface area contributed by atoms with Gasteiger partial charge in [0.25, 0.3) is 5.82 Å². The molecule has 1 rings (SSSR count). The molecule has 15 heavy (non-hydrogen) atoms. The zero-order chi connectivity index (χ0) is 11.9. The highest BCUT2D eigenvalue weighted by Crippen LogP contribution is 1.94. The fourth-order valence-electron chi connectivity index (χ4n) is 1.03. The summed E-state index contributed by atoms with van der Waals surface area (Å²) in [5.74, 6) is 1.32. The number of nitrogens with zero attached hydrogens (tertiary/aromatic N) is 1. The number of rotatable bonds is 3. The molecule has 88 valence electrons. The minimum Gasteiger partial charge on any atom is -0.248 e. The summed E-state index contributed by atoms with van der Waals surface area (Å²) in [7, 11) is -2.87. The van der Waals surface area contributed by atoms with Gasteiger partial charge in [-0.3, -0.25) is 0 Å². The Kier molecular flexibility index (Phi) is 6.46. The molecule has 0 aliphatic rings. The SMILES string of the molecule is CCCCc1[nH]cc[n+]1C.[O-][Cl+3]([O-])([O-])[O-]. The molecule has 1 aromatic heterocycles. The summed E-state index contributed by atoms with van der Waals surface area (Å²) in [6.45, 7) is 2.21. The maximum absolute atomic E-state index is 8.49. The van der Waals surface area contributed by atoms with E-state index in [9.17, 15) is 0 Å². The van der Waals surface area contributed by atoms with Crippen molar-refractivity contribution in [2.24, 2.45) is 7.05 Å². The molecule has 0 saturated heterocycles. The topological polar surface area (TPSA) is 112 Å². The van der Waals surface area contributed by atoms with E-state index in [1.807, 2.05) is 12.4 Å². The minimum absolute atomic E-state index is 1.17. The van der Waals surface area contributed by atoms with Crippen molar-refractivity contribution in [2.45, 2.75) is 26.2 Å². The molecule has 6 nitrogen and oxygen atoms in total. The fourth-order valence-corrected chi connectivity index (χ4v) is 1.03. The zero-order valence-corrected chi connectivity index (χ0v) is 9.49. The van der Waals surface area contributed by atoms with E-state index in [1.165, 1.54) is 25.1 Å². The summed E-state index contributed by atoms with van der Waals surface area (Å²) in [5.41, 5.74) is 0. The molecule has 0 fully saturated rings. The first kappa shape index (κ1) is 14.3. The van der Waals surface area contributed by atoms with Crippen LogP contribution in [0, 0.1) is 10.2 Å². The normalized spacial score (nSPS) is 10.8. The molecule has 0 aliphatic heterocycles. The van der Waals surface area contributed by atoms with E-state index >= 15 is 0 Å². The fraction of sp³-hybridized carbons (Fsp3) is 0.625. The Bertz CT molecular complexity index is 266. The third-order valence-corrected chi connectivity index (χ3v) is 1.74. The monoisotopic (exact) mass is 238 g/mol. The van der Waals surface area contributed by atoms with Crippen LogP contribution in [0.4, 0.5) is 0 Å². The Labute approximate surface area is 90.5 Å². The van der Waals surface area contributed by atoms with Crippen LogP contribution in [-0.2, 0) is 13.5 Å². The van der Waals surface area contributed by atoms with Gasteiger partial charge in [-0.25, -0.2) is 28.2 Å². The lowest BCUT2D eigenvalue weighted by molar-refractivity contribution is -2.00. The molecule has 0 amide bonds. The van der Waals surface area contributed by atoms with Crippen LogP contribution in [0.3, 0.4) is 0 Å². The van der Waals surface area contributed by atoms with Crippen LogP contribution >= 0.6 is 0 Å². The molecule has 0 unspecified atom stereocenters. The van der Waals surface area contributed by atoms with Gasteiger partial charge >= 0.3 is 0 Å². The van der Waals surface area contributed by atoms with Crippen LogP contribution in [0.2, 0.25) is 0 Å². The number of unbranched alkanes of at least 4 members (excludes halogenated alkanes) is 1. The van der Waals surface area contributed by atoms with Crippen LogP contribution in [0.25, 0.3) is 0 Å². The second-order valence-corrected chi connectivity index (χ2v) is 3.76. The average molecular weight is 239 g/mol. The minimum atomic E-state index is -4.94. The molecule has 0 aromatic carbocycles. The van der Waals surface area contributed by atoms with Gasteiger partial charge in [0, 0.05) is 6.42 Å². The van der Waals surface area contributed by atoms with Crippen molar-refractivity contribution in [1.82, 2.24) is 4.98 Å². The van der Waals surface area contributed by atoms with Gasteiger partial charge in [-0.15, -0.1) is 10.2 Å². The highest BCUT2D eigenvalue weighted by Gasteiger charge is 2.03. The smallest absolute Gasteiger partial charge is 0.248 e. The molecule has 0 atom stereocenters. The predicted octanol–water partition coefficient (Wildman–Crippen LogP) is -3.57. The largest absolute Gasteiger partial charge is 0.253 e. The van der Waals surface area contributed by atoms with Crippen LogP contribution in [0.1, 0.15) is 25.6 Å². The van der Waals surface area contributed by atoms with E-state index in [1.54, 1.807) is 0 Å². The number of H-pyrrole nitrogens is 1. The second-order valence-electron chi connectivity index (χ2n) is 3.00. The van der Waals surface area contributed by atoms with Crippen molar-refractivity contribution in [3.63, 3.8) is 0 Å². The molecule has 1 N–H and O–H groups in total. The highest BCUT2D eigenvalue weighted by atomic mass is 35.7. The molecule has 0 saturated carbocycles. The van der Waals surface area contributed by atoms with E-state index in [-0.39, 0.29) is 0 Å². The van der Waals surface area contributed by atoms with Gasteiger partial charge in [0.2, 0.25) is 0 Å². The summed E-state index contributed by atoms with van der Waals surface area (Å²) >= 11 is 0. The molecule has 0 radical (unpaired) electrons. The van der Waals surface area contributed by atoms with Crippen LogP contribution < -0.4 is 23.2 Å². The summed E-state index contributed by atoms with van der Waals surface area (Å²) in [4.78, 5) is 3.20. The van der Waals surface area contributed by atoms with Crippen molar-refractivity contribution >= 4 is 0 Å². The lowest BCUT2D eigenvalue weighted by atomic mass is 10.2. The van der Waals surface area contributed by atoms with Gasteiger partial charge in [-0.1, -0.05) is 13.3 Å². The summed E-state index contributed by atoms with van der Waals surface area (Å²) in [6, 6.07) is 0. The van der Waals surface area contributed by atoms with E-state index in [0.29, 0.717) is 0 Å². The number of aromatic nitrogens is 2. The van der Waals surface area contributed by atoms with Crippen molar-refractivity contribution < 1.29 is 33.4 Å². The van der Waals surface area contributed by atoms with Crippen molar-refractivity contribution in [3.05, 3.63) is 18.2 Å². The molecule has 0 aliphatic carbocycles. The molecular formula is C8H15ClN2O4. The van der Waals surface area contributed by atoms with Gasteiger partial charge in [-0.05, 0) is 6.42 Å². The van der Waals surface area contributed by atoms with Crippen molar-refractivity contribution in [3.8, 4) is 0 Å². The van der Waals surface area contributed by atoms with Gasteiger partial charge < -0.3 is 0 Å². The molecule has 1 heterocycles. The van der Waals surface area contributed by atoms with Crippen molar-refractivity contribution in [2.75, 3.05) is 0 Å². The van der Waals surface area contributed by atoms with Gasteiger partial charge in [0.05, 0.1) is 7.05 Å². The average Bonchev–Trinajstić information content (AvgIpc) is 2.45. The third kappa shape index (κ3) is 9.64. The van der Waals surface area contributed by atoms with E-state index in [2.05, 4.69) is 23.5 Å². The summed E-state index contributed by atoms with van der Waals surface area (Å²) < 4.78 is 36.1. The summed E-state index contributed by atoms with van der Waals surface area (Å²) in [6.07, 6.45) is 7.73. The number of aromatic amines is 1. The molecule has 1 aromatic rings.